The van der Waals surface area contributed by atoms with Gasteiger partial charge in [0.05, 0.1) is 24.9 Å². The molecule has 15 atom stereocenters. The third-order valence-electron chi connectivity index (χ3n) is 9.10. The van der Waals surface area contributed by atoms with Crippen molar-refractivity contribution in [1.29, 1.82) is 0 Å². The van der Waals surface area contributed by atoms with Crippen molar-refractivity contribution < 1.29 is 71.5 Å². The highest BCUT2D eigenvalue weighted by Crippen LogP contribution is 2.38. The van der Waals surface area contributed by atoms with Gasteiger partial charge in [-0.05, 0) is 17.7 Å². The van der Waals surface area contributed by atoms with Crippen LogP contribution in [-0.2, 0) is 61.6 Å². The lowest BCUT2D eigenvalue weighted by Crippen LogP contribution is -2.67. The summed E-state index contributed by atoms with van der Waals surface area (Å²) in [5, 5.41) is 15.0. The van der Waals surface area contributed by atoms with Crippen molar-refractivity contribution in [2.24, 2.45) is 5.11 Å². The molecular formula is C31H45N3O15. The van der Waals surface area contributed by atoms with Crippen LogP contribution in [0.1, 0.15) is 10.4 Å². The van der Waals surface area contributed by atoms with E-state index in [0.29, 0.717) is 5.56 Å². The van der Waals surface area contributed by atoms with Gasteiger partial charge in [-0.25, -0.2) is 4.79 Å². The molecule has 1 aromatic rings. The molecule has 6 unspecified atom stereocenters. The Hall–Kier alpha value is -2.52. The number of carbonyl (C=O) groups is 1. The minimum atomic E-state index is -1.24. The van der Waals surface area contributed by atoms with Crippen molar-refractivity contribution >= 4 is 5.97 Å². The van der Waals surface area contributed by atoms with E-state index in [1.807, 2.05) is 0 Å². The Bertz CT molecular complexity index is 1240. The summed E-state index contributed by atoms with van der Waals surface area (Å²) >= 11 is 0. The van der Waals surface area contributed by atoms with Crippen molar-refractivity contribution in [2.45, 2.75) is 92.1 Å². The first kappa shape index (κ1) is 37.7. The molecular weight excluding hydrogens is 654 g/mol. The van der Waals surface area contributed by atoms with Crippen molar-refractivity contribution in [1.82, 2.24) is 0 Å². The maximum atomic E-state index is 12.7. The molecule has 4 fully saturated rings. The third-order valence-corrected chi connectivity index (χ3v) is 9.10. The SMILES string of the molecule is COC[C@H]1O[C@H](O[C@H]2C3CO[C@@H](O3)C(N=[N+]=[N-])[C@@H]2OC)C(OC)C(OC)[C@@H]1O[C@H]1O[C@H](COC(=O)c2ccccc2)[C@@H](O)C(OC)C1OC. The van der Waals surface area contributed by atoms with Crippen LogP contribution in [0.5, 0.6) is 0 Å². The summed E-state index contributed by atoms with van der Waals surface area (Å²) in [6, 6.07) is 7.63. The molecule has 0 spiro atoms. The maximum absolute atomic E-state index is 12.7. The molecule has 1 aromatic carbocycles. The van der Waals surface area contributed by atoms with Crippen LogP contribution in [0.3, 0.4) is 0 Å². The lowest BCUT2D eigenvalue weighted by Gasteiger charge is -2.49. The largest absolute Gasteiger partial charge is 0.459 e. The molecule has 0 aromatic heterocycles. The lowest BCUT2D eigenvalue weighted by atomic mass is 9.95. The summed E-state index contributed by atoms with van der Waals surface area (Å²) in [5.74, 6) is -0.588. The van der Waals surface area contributed by atoms with Crippen molar-refractivity contribution in [3.8, 4) is 0 Å². The van der Waals surface area contributed by atoms with Gasteiger partial charge >= 0.3 is 5.97 Å². The summed E-state index contributed by atoms with van der Waals surface area (Å²) in [4.78, 5) is 15.6. The second-order valence-electron chi connectivity index (χ2n) is 11.8. The van der Waals surface area contributed by atoms with Crippen molar-refractivity contribution in [2.75, 3.05) is 62.5 Å². The van der Waals surface area contributed by atoms with Crippen LogP contribution in [0.25, 0.3) is 10.4 Å². The predicted molar refractivity (Wildman–Crippen MR) is 163 cm³/mol. The fraction of sp³-hybridized carbons (Fsp3) is 0.774. The highest BCUT2D eigenvalue weighted by atomic mass is 16.8. The highest BCUT2D eigenvalue weighted by Gasteiger charge is 2.57. The van der Waals surface area contributed by atoms with Gasteiger partial charge in [0.2, 0.25) is 0 Å². The van der Waals surface area contributed by atoms with E-state index in [1.54, 1.807) is 30.3 Å². The van der Waals surface area contributed by atoms with E-state index >= 15 is 0 Å². The Kier molecular flexibility index (Phi) is 13.6. The monoisotopic (exact) mass is 699 g/mol. The van der Waals surface area contributed by atoms with Gasteiger partial charge in [-0.1, -0.05) is 23.3 Å². The standard InChI is InChI=1S/C31H45N3O15/c1-37-12-17-22(49-30-26(41-5)24(39-3)20(35)16(45-30)13-43-28(36)15-10-8-7-9-11-15)25(40-4)27(42-6)31(47-17)48-21-18-14-44-29(46-18)19(33-34-32)23(21)38-2/h7-11,16-27,29-31,35H,12-14H2,1-6H3/t16-,17-,18?,19?,20-,21+,22-,23+,24?,25?,26?,27?,29+,30-,31-/m1/s1. The number of azide groups is 1. The fourth-order valence-electron chi connectivity index (χ4n) is 6.72. The first-order chi connectivity index (χ1) is 23.8. The average Bonchev–Trinajstić information content (AvgIpc) is 3.56. The fourth-order valence-corrected chi connectivity index (χ4v) is 6.72. The zero-order valence-corrected chi connectivity index (χ0v) is 28.2. The molecule has 2 bridgehead atoms. The predicted octanol–water partition coefficient (Wildman–Crippen LogP) is 0.580. The minimum absolute atomic E-state index is 0.0322. The molecule has 5 rings (SSSR count). The van der Waals surface area contributed by atoms with Gasteiger partial charge in [0.25, 0.3) is 0 Å². The number of fused-ring (bicyclic) bond motifs is 2. The molecule has 0 saturated carbocycles. The Morgan fingerprint density at radius 2 is 1.41 bits per heavy atom. The van der Waals surface area contributed by atoms with E-state index in [1.165, 1.54) is 42.7 Å². The number of methoxy groups -OCH3 is 6. The number of rotatable bonds is 15. The molecule has 49 heavy (non-hydrogen) atoms. The minimum Gasteiger partial charge on any atom is -0.459 e. The van der Waals surface area contributed by atoms with Gasteiger partial charge in [0.1, 0.15) is 73.7 Å². The van der Waals surface area contributed by atoms with Gasteiger partial charge in [-0.2, -0.15) is 0 Å². The Labute approximate surface area is 283 Å². The smallest absolute Gasteiger partial charge is 0.338 e. The van der Waals surface area contributed by atoms with E-state index in [2.05, 4.69) is 10.0 Å². The van der Waals surface area contributed by atoms with Crippen LogP contribution < -0.4 is 0 Å². The molecule has 18 heteroatoms. The van der Waals surface area contributed by atoms with E-state index < -0.39 is 98.0 Å². The molecule has 274 valence electrons. The lowest BCUT2D eigenvalue weighted by molar-refractivity contribution is -0.375. The first-order valence-corrected chi connectivity index (χ1v) is 15.8. The average molecular weight is 700 g/mol. The van der Waals surface area contributed by atoms with Crippen LogP contribution >= 0.6 is 0 Å². The normalized spacial score (nSPS) is 40.4. The Morgan fingerprint density at radius 3 is 2.02 bits per heavy atom. The van der Waals surface area contributed by atoms with Crippen LogP contribution in [0.2, 0.25) is 0 Å². The number of hydrogen-bond acceptors (Lipinski definition) is 16. The number of aliphatic hydroxyl groups is 1. The molecule has 1 N–H and O–H groups in total. The second-order valence-corrected chi connectivity index (χ2v) is 11.8. The van der Waals surface area contributed by atoms with Gasteiger partial charge in [0, 0.05) is 47.6 Å². The molecule has 4 saturated heterocycles. The summed E-state index contributed by atoms with van der Waals surface area (Å²) in [6.45, 7) is -0.0844. The first-order valence-electron chi connectivity index (χ1n) is 15.8. The number of benzene rings is 1. The zero-order valence-electron chi connectivity index (χ0n) is 28.2. The summed E-state index contributed by atoms with van der Waals surface area (Å²) in [5.41, 5.74) is 9.51. The number of ether oxygens (including phenoxy) is 13. The molecule has 4 heterocycles. The van der Waals surface area contributed by atoms with Gasteiger partial charge < -0.3 is 66.7 Å². The Morgan fingerprint density at radius 1 is 0.796 bits per heavy atom. The van der Waals surface area contributed by atoms with Crippen LogP contribution in [0.15, 0.2) is 35.4 Å². The summed E-state index contributed by atoms with van der Waals surface area (Å²) in [7, 11) is 8.78. The van der Waals surface area contributed by atoms with Crippen molar-refractivity contribution in [3.63, 3.8) is 0 Å². The highest BCUT2D eigenvalue weighted by molar-refractivity contribution is 5.89. The van der Waals surface area contributed by atoms with E-state index in [4.69, 9.17) is 61.6 Å². The van der Waals surface area contributed by atoms with Gasteiger partial charge in [-0.15, -0.1) is 0 Å². The molecule has 4 aliphatic heterocycles. The second kappa shape index (κ2) is 17.6. The molecule has 18 nitrogen and oxygen atoms in total. The number of hydrogen-bond donors (Lipinski definition) is 1. The van der Waals surface area contributed by atoms with E-state index in [0.717, 1.165) is 0 Å². The van der Waals surface area contributed by atoms with Crippen LogP contribution in [0.4, 0.5) is 0 Å². The molecule has 0 aliphatic carbocycles. The molecule has 4 aliphatic rings. The van der Waals surface area contributed by atoms with Gasteiger partial charge in [-0.3, -0.25) is 0 Å². The quantitative estimate of drug-likeness (QED) is 0.115. The topological polar surface area (TPSA) is 206 Å². The van der Waals surface area contributed by atoms with Crippen molar-refractivity contribution in [3.05, 3.63) is 46.3 Å². The third kappa shape index (κ3) is 8.03. The number of carbonyl (C=O) groups excluding carboxylic acids is 1. The van der Waals surface area contributed by atoms with Gasteiger partial charge in [0.15, 0.2) is 18.9 Å². The number of aliphatic hydroxyl groups excluding tert-OH is 1. The summed E-state index contributed by atoms with van der Waals surface area (Å²) < 4.78 is 77.1. The molecule has 0 amide bonds. The van der Waals surface area contributed by atoms with E-state index in [9.17, 15) is 15.4 Å². The Balaban J connectivity index is 1.36. The maximum Gasteiger partial charge on any atom is 0.338 e. The van der Waals surface area contributed by atoms with Crippen LogP contribution in [0, 0.1) is 0 Å². The number of esters is 1. The number of nitrogens with zero attached hydrogens (tertiary/aromatic N) is 3. The zero-order chi connectivity index (χ0) is 35.1. The molecule has 0 radical (unpaired) electrons. The summed E-state index contributed by atoms with van der Waals surface area (Å²) in [6.07, 6.45) is -12.6. The van der Waals surface area contributed by atoms with E-state index in [-0.39, 0.29) is 19.8 Å². The van der Waals surface area contributed by atoms with Crippen LogP contribution in [-0.4, -0.2) is 166 Å².